The number of nitrogens with zero attached hydrogens (tertiary/aromatic N) is 2. The molecule has 1 aliphatic rings. The van der Waals surface area contributed by atoms with E-state index in [1.807, 2.05) is 18.2 Å². The van der Waals surface area contributed by atoms with E-state index in [4.69, 9.17) is 23.2 Å². The Labute approximate surface area is 129 Å². The minimum atomic E-state index is 0.693. The molecule has 0 spiro atoms. The highest BCUT2D eigenvalue weighted by Crippen LogP contribution is 2.27. The quantitative estimate of drug-likeness (QED) is 0.815. The van der Waals surface area contributed by atoms with Crippen molar-refractivity contribution in [3.63, 3.8) is 0 Å². The van der Waals surface area contributed by atoms with Gasteiger partial charge in [-0.2, -0.15) is 0 Å². The first-order valence-electron chi connectivity index (χ1n) is 6.73. The Morgan fingerprint density at radius 3 is 1.70 bits per heavy atom. The SMILES string of the molecule is Clc1cc(Cl)cc(N2CCN(c3ccccc3)CC2)c1. The molecule has 1 heterocycles. The summed E-state index contributed by atoms with van der Waals surface area (Å²) in [5.74, 6) is 0. The van der Waals surface area contributed by atoms with Gasteiger partial charge in [-0.05, 0) is 30.3 Å². The molecule has 2 aromatic carbocycles. The van der Waals surface area contributed by atoms with E-state index in [9.17, 15) is 0 Å². The fraction of sp³-hybridized carbons (Fsp3) is 0.250. The van der Waals surface area contributed by atoms with Crippen molar-refractivity contribution in [2.24, 2.45) is 0 Å². The fourth-order valence-corrected chi connectivity index (χ4v) is 3.10. The molecular formula is C16H16Cl2N2. The molecule has 20 heavy (non-hydrogen) atoms. The Bertz CT molecular complexity index is 558. The summed E-state index contributed by atoms with van der Waals surface area (Å²) in [4.78, 5) is 4.74. The van der Waals surface area contributed by atoms with E-state index in [-0.39, 0.29) is 0 Å². The van der Waals surface area contributed by atoms with Gasteiger partial charge in [0.25, 0.3) is 0 Å². The van der Waals surface area contributed by atoms with Crippen LogP contribution >= 0.6 is 23.2 Å². The van der Waals surface area contributed by atoms with Gasteiger partial charge in [-0.25, -0.2) is 0 Å². The highest BCUT2D eigenvalue weighted by atomic mass is 35.5. The largest absolute Gasteiger partial charge is 0.368 e. The highest BCUT2D eigenvalue weighted by Gasteiger charge is 2.17. The number of halogens is 2. The monoisotopic (exact) mass is 306 g/mol. The summed E-state index contributed by atoms with van der Waals surface area (Å²) in [5, 5.41) is 1.39. The van der Waals surface area contributed by atoms with Gasteiger partial charge < -0.3 is 9.80 Å². The molecule has 2 nitrogen and oxygen atoms in total. The normalized spacial score (nSPS) is 15.5. The van der Waals surface area contributed by atoms with E-state index in [2.05, 4.69) is 34.1 Å². The minimum absolute atomic E-state index is 0.693. The van der Waals surface area contributed by atoms with Crippen molar-refractivity contribution >= 4 is 34.6 Å². The predicted octanol–water partition coefficient (Wildman–Crippen LogP) is 4.32. The summed E-state index contributed by atoms with van der Waals surface area (Å²) < 4.78 is 0. The zero-order chi connectivity index (χ0) is 13.9. The Balaban J connectivity index is 1.69. The van der Waals surface area contributed by atoms with Crippen LogP contribution in [0.1, 0.15) is 0 Å². The first-order valence-corrected chi connectivity index (χ1v) is 7.49. The van der Waals surface area contributed by atoms with Gasteiger partial charge in [-0.15, -0.1) is 0 Å². The van der Waals surface area contributed by atoms with E-state index in [0.29, 0.717) is 10.0 Å². The van der Waals surface area contributed by atoms with Crippen LogP contribution in [-0.2, 0) is 0 Å². The van der Waals surface area contributed by atoms with E-state index < -0.39 is 0 Å². The molecule has 1 aliphatic heterocycles. The van der Waals surface area contributed by atoms with Gasteiger partial charge in [0.2, 0.25) is 0 Å². The minimum Gasteiger partial charge on any atom is -0.368 e. The number of rotatable bonds is 2. The summed E-state index contributed by atoms with van der Waals surface area (Å²) in [7, 11) is 0. The Morgan fingerprint density at radius 1 is 0.650 bits per heavy atom. The summed E-state index contributed by atoms with van der Waals surface area (Å²) >= 11 is 12.1. The molecule has 4 heteroatoms. The van der Waals surface area contributed by atoms with Gasteiger partial charge in [-0.1, -0.05) is 41.4 Å². The molecule has 104 valence electrons. The maximum absolute atomic E-state index is 6.07. The number of benzene rings is 2. The number of para-hydroxylation sites is 1. The Morgan fingerprint density at radius 2 is 1.15 bits per heavy atom. The van der Waals surface area contributed by atoms with E-state index >= 15 is 0 Å². The van der Waals surface area contributed by atoms with Crippen LogP contribution in [0.3, 0.4) is 0 Å². The maximum atomic E-state index is 6.07. The van der Waals surface area contributed by atoms with Crippen LogP contribution in [0, 0.1) is 0 Å². The third kappa shape index (κ3) is 3.02. The molecule has 1 saturated heterocycles. The average molecular weight is 307 g/mol. The lowest BCUT2D eigenvalue weighted by atomic mass is 10.2. The molecular weight excluding hydrogens is 291 g/mol. The lowest BCUT2D eigenvalue weighted by Crippen LogP contribution is -2.46. The van der Waals surface area contributed by atoms with Gasteiger partial charge >= 0.3 is 0 Å². The lowest BCUT2D eigenvalue weighted by Gasteiger charge is -2.37. The van der Waals surface area contributed by atoms with Gasteiger partial charge in [0.15, 0.2) is 0 Å². The van der Waals surface area contributed by atoms with Crippen LogP contribution in [0.25, 0.3) is 0 Å². The predicted molar refractivity (Wildman–Crippen MR) is 87.3 cm³/mol. The molecule has 3 rings (SSSR count). The van der Waals surface area contributed by atoms with Crippen LogP contribution < -0.4 is 9.80 Å². The number of anilines is 2. The molecule has 0 atom stereocenters. The van der Waals surface area contributed by atoms with Crippen LogP contribution in [0.15, 0.2) is 48.5 Å². The molecule has 0 aliphatic carbocycles. The lowest BCUT2D eigenvalue weighted by molar-refractivity contribution is 0.653. The zero-order valence-corrected chi connectivity index (χ0v) is 12.6. The van der Waals surface area contributed by atoms with Crippen molar-refractivity contribution in [3.8, 4) is 0 Å². The first-order chi connectivity index (χ1) is 9.72. The van der Waals surface area contributed by atoms with Crippen LogP contribution in [0.4, 0.5) is 11.4 Å². The van der Waals surface area contributed by atoms with E-state index in [1.54, 1.807) is 6.07 Å². The average Bonchev–Trinajstić information content (AvgIpc) is 2.47. The third-order valence-electron chi connectivity index (χ3n) is 3.61. The van der Waals surface area contributed by atoms with Crippen LogP contribution in [0.5, 0.6) is 0 Å². The second-order valence-electron chi connectivity index (χ2n) is 4.94. The van der Waals surface area contributed by atoms with Crippen molar-refractivity contribution in [3.05, 3.63) is 58.6 Å². The van der Waals surface area contributed by atoms with Crippen molar-refractivity contribution in [2.45, 2.75) is 0 Å². The molecule has 0 N–H and O–H groups in total. The summed E-state index contributed by atoms with van der Waals surface area (Å²) in [5.41, 5.74) is 2.39. The topological polar surface area (TPSA) is 6.48 Å². The molecule has 0 bridgehead atoms. The standard InChI is InChI=1S/C16H16Cl2N2/c17-13-10-14(18)12-16(11-13)20-8-6-19(7-9-20)15-4-2-1-3-5-15/h1-5,10-12H,6-9H2. The highest BCUT2D eigenvalue weighted by molar-refractivity contribution is 6.35. The van der Waals surface area contributed by atoms with E-state index in [1.165, 1.54) is 5.69 Å². The van der Waals surface area contributed by atoms with Crippen molar-refractivity contribution < 1.29 is 0 Å². The van der Waals surface area contributed by atoms with Gasteiger partial charge in [0.05, 0.1) is 0 Å². The number of hydrogen-bond acceptors (Lipinski definition) is 2. The second kappa shape index (κ2) is 5.94. The molecule has 0 amide bonds. The number of hydrogen-bond donors (Lipinski definition) is 0. The van der Waals surface area contributed by atoms with Gasteiger partial charge in [-0.3, -0.25) is 0 Å². The van der Waals surface area contributed by atoms with Crippen LogP contribution in [0.2, 0.25) is 10.0 Å². The second-order valence-corrected chi connectivity index (χ2v) is 5.81. The van der Waals surface area contributed by atoms with Crippen molar-refractivity contribution in [1.29, 1.82) is 0 Å². The number of piperazine rings is 1. The van der Waals surface area contributed by atoms with Crippen molar-refractivity contribution in [2.75, 3.05) is 36.0 Å². The first kappa shape index (κ1) is 13.6. The molecule has 2 aromatic rings. The molecule has 0 saturated carbocycles. The molecule has 0 radical (unpaired) electrons. The molecule has 0 aromatic heterocycles. The Kier molecular flexibility index (Phi) is 4.04. The van der Waals surface area contributed by atoms with Gasteiger partial charge in [0.1, 0.15) is 0 Å². The maximum Gasteiger partial charge on any atom is 0.0441 e. The van der Waals surface area contributed by atoms with Crippen LogP contribution in [-0.4, -0.2) is 26.2 Å². The summed E-state index contributed by atoms with van der Waals surface area (Å²) in [6.07, 6.45) is 0. The summed E-state index contributed by atoms with van der Waals surface area (Å²) in [6, 6.07) is 16.3. The fourth-order valence-electron chi connectivity index (χ4n) is 2.58. The molecule has 1 fully saturated rings. The zero-order valence-electron chi connectivity index (χ0n) is 11.1. The smallest absolute Gasteiger partial charge is 0.0441 e. The summed E-state index contributed by atoms with van der Waals surface area (Å²) in [6.45, 7) is 3.97. The molecule has 0 unspecified atom stereocenters. The van der Waals surface area contributed by atoms with Gasteiger partial charge in [0, 0.05) is 47.6 Å². The van der Waals surface area contributed by atoms with E-state index in [0.717, 1.165) is 31.9 Å². The Hall–Kier alpha value is -1.38. The van der Waals surface area contributed by atoms with Crippen molar-refractivity contribution in [1.82, 2.24) is 0 Å². The third-order valence-corrected chi connectivity index (χ3v) is 4.05.